The molecule has 0 saturated carbocycles. The number of hydrogen-bond acceptors (Lipinski definition) is 3. The summed E-state index contributed by atoms with van der Waals surface area (Å²) in [7, 11) is 0. The van der Waals surface area contributed by atoms with Gasteiger partial charge >= 0.3 is 5.97 Å². The molecule has 4 nitrogen and oxygen atoms in total. The molecule has 5 heteroatoms. The Labute approximate surface area is 109 Å². The van der Waals surface area contributed by atoms with Gasteiger partial charge in [-0.2, -0.15) is 0 Å². The Morgan fingerprint density at radius 2 is 2.11 bits per heavy atom. The summed E-state index contributed by atoms with van der Waals surface area (Å²) >= 11 is 6.03. The molecule has 0 saturated heterocycles. The number of hydrogen-bond donors (Lipinski definition) is 1. The van der Waals surface area contributed by atoms with Crippen LogP contribution >= 0.6 is 11.6 Å². The smallest absolute Gasteiger partial charge is 0.325 e. The molecule has 1 heterocycles. The van der Waals surface area contributed by atoms with Crippen LogP contribution in [0.4, 0.5) is 0 Å². The minimum Gasteiger partial charge on any atom is -0.480 e. The number of benzene rings is 1. The Balaban J connectivity index is 2.35. The molecule has 18 heavy (non-hydrogen) atoms. The van der Waals surface area contributed by atoms with E-state index in [9.17, 15) is 14.7 Å². The Bertz CT molecular complexity index is 513. The van der Waals surface area contributed by atoms with Gasteiger partial charge in [-0.3, -0.25) is 14.5 Å². The molecule has 2 rings (SSSR count). The van der Waals surface area contributed by atoms with E-state index in [4.69, 9.17) is 11.6 Å². The van der Waals surface area contributed by atoms with E-state index in [0.29, 0.717) is 17.1 Å². The van der Waals surface area contributed by atoms with E-state index >= 15 is 0 Å². The van der Waals surface area contributed by atoms with E-state index in [1.807, 2.05) is 0 Å². The number of carboxylic acid groups (broad SMARTS) is 1. The van der Waals surface area contributed by atoms with Gasteiger partial charge in [-0.1, -0.05) is 35.9 Å². The maximum atomic E-state index is 11.4. The van der Waals surface area contributed by atoms with Crippen LogP contribution in [0.2, 0.25) is 5.02 Å². The van der Waals surface area contributed by atoms with Gasteiger partial charge in [0.1, 0.15) is 6.04 Å². The first-order valence-corrected chi connectivity index (χ1v) is 5.88. The zero-order valence-corrected chi connectivity index (χ0v) is 10.3. The largest absolute Gasteiger partial charge is 0.480 e. The van der Waals surface area contributed by atoms with Crippen molar-refractivity contribution in [3.05, 3.63) is 47.0 Å². The van der Waals surface area contributed by atoms with Crippen LogP contribution in [0.1, 0.15) is 11.6 Å². The van der Waals surface area contributed by atoms with Gasteiger partial charge in [0.2, 0.25) is 0 Å². The third-order valence-electron chi connectivity index (χ3n) is 2.80. The molecule has 1 aliphatic heterocycles. The summed E-state index contributed by atoms with van der Waals surface area (Å²) in [4.78, 5) is 24.4. The summed E-state index contributed by atoms with van der Waals surface area (Å²) in [6.45, 7) is 0.520. The van der Waals surface area contributed by atoms with Crippen LogP contribution in [0.3, 0.4) is 0 Å². The molecule has 0 radical (unpaired) electrons. The van der Waals surface area contributed by atoms with Crippen molar-refractivity contribution in [3.8, 4) is 0 Å². The molecule has 0 aromatic heterocycles. The lowest BCUT2D eigenvalue weighted by Gasteiger charge is -2.29. The number of carbonyl (C=O) groups excluding carboxylic acids is 1. The number of nitrogens with zero attached hydrogens (tertiary/aromatic N) is 1. The average molecular weight is 266 g/mol. The van der Waals surface area contributed by atoms with Crippen LogP contribution in [0.15, 0.2) is 36.4 Å². The molecule has 0 fully saturated rings. The third-order valence-corrected chi connectivity index (χ3v) is 3.15. The number of halogens is 1. The molecule has 1 aromatic carbocycles. The maximum Gasteiger partial charge on any atom is 0.325 e. The molecule has 94 valence electrons. The van der Waals surface area contributed by atoms with Crippen LogP contribution in [0.5, 0.6) is 0 Å². The SMILES string of the molecule is O=C1C=CCN(C(C(=O)O)c2ccccc2Cl)C1. The first-order valence-electron chi connectivity index (χ1n) is 5.50. The van der Waals surface area contributed by atoms with Crippen molar-refractivity contribution in [1.82, 2.24) is 4.90 Å². The van der Waals surface area contributed by atoms with E-state index in [1.165, 1.54) is 6.08 Å². The van der Waals surface area contributed by atoms with E-state index in [0.717, 1.165) is 0 Å². The van der Waals surface area contributed by atoms with Crippen molar-refractivity contribution in [2.75, 3.05) is 13.1 Å². The maximum absolute atomic E-state index is 11.4. The Morgan fingerprint density at radius 3 is 2.72 bits per heavy atom. The van der Waals surface area contributed by atoms with Gasteiger partial charge in [0.15, 0.2) is 5.78 Å². The average Bonchev–Trinajstić information content (AvgIpc) is 2.32. The normalized spacial score (nSPS) is 17.7. The highest BCUT2D eigenvalue weighted by molar-refractivity contribution is 6.31. The van der Waals surface area contributed by atoms with E-state index in [-0.39, 0.29) is 12.3 Å². The zero-order chi connectivity index (χ0) is 13.1. The molecule has 0 aliphatic carbocycles. The van der Waals surface area contributed by atoms with Crippen LogP contribution < -0.4 is 0 Å². The molecule has 1 atom stereocenters. The fraction of sp³-hybridized carbons (Fsp3) is 0.231. The summed E-state index contributed by atoms with van der Waals surface area (Å²) < 4.78 is 0. The van der Waals surface area contributed by atoms with Gasteiger partial charge in [-0.25, -0.2) is 0 Å². The molecule has 1 aromatic rings. The lowest BCUT2D eigenvalue weighted by atomic mass is 10.0. The van der Waals surface area contributed by atoms with Gasteiger partial charge in [-0.15, -0.1) is 0 Å². The molecule has 1 aliphatic rings. The van der Waals surface area contributed by atoms with Crippen LogP contribution in [0.25, 0.3) is 0 Å². The van der Waals surface area contributed by atoms with Crippen LogP contribution in [-0.4, -0.2) is 34.8 Å². The number of aliphatic carboxylic acids is 1. The van der Waals surface area contributed by atoms with E-state index in [2.05, 4.69) is 0 Å². The second-order valence-corrected chi connectivity index (χ2v) is 4.47. The zero-order valence-electron chi connectivity index (χ0n) is 9.54. The van der Waals surface area contributed by atoms with Crippen molar-refractivity contribution in [2.24, 2.45) is 0 Å². The van der Waals surface area contributed by atoms with Crippen LogP contribution in [-0.2, 0) is 9.59 Å². The molecule has 0 amide bonds. The van der Waals surface area contributed by atoms with Crippen molar-refractivity contribution in [1.29, 1.82) is 0 Å². The van der Waals surface area contributed by atoms with E-state index < -0.39 is 12.0 Å². The lowest BCUT2D eigenvalue weighted by Crippen LogP contribution is -2.39. The molecular weight excluding hydrogens is 254 g/mol. The monoisotopic (exact) mass is 265 g/mol. The van der Waals surface area contributed by atoms with Crippen molar-refractivity contribution in [3.63, 3.8) is 0 Å². The molecule has 1 N–H and O–H groups in total. The first-order chi connectivity index (χ1) is 8.59. The van der Waals surface area contributed by atoms with Crippen molar-refractivity contribution < 1.29 is 14.7 Å². The third kappa shape index (κ3) is 2.60. The number of carboxylic acids is 1. The predicted molar refractivity (Wildman–Crippen MR) is 67.5 cm³/mol. The van der Waals surface area contributed by atoms with Gasteiger partial charge in [0.05, 0.1) is 6.54 Å². The van der Waals surface area contributed by atoms with Gasteiger partial charge in [-0.05, 0) is 17.7 Å². The van der Waals surface area contributed by atoms with Crippen molar-refractivity contribution in [2.45, 2.75) is 6.04 Å². The fourth-order valence-electron chi connectivity index (χ4n) is 2.02. The summed E-state index contributed by atoms with van der Waals surface area (Å²) in [5, 5.41) is 9.75. The summed E-state index contributed by atoms with van der Waals surface area (Å²) in [5.41, 5.74) is 0.509. The lowest BCUT2D eigenvalue weighted by molar-refractivity contribution is -0.143. The highest BCUT2D eigenvalue weighted by Gasteiger charge is 2.30. The minimum absolute atomic E-state index is 0.0959. The highest BCUT2D eigenvalue weighted by atomic mass is 35.5. The first kappa shape index (κ1) is 12.8. The fourth-order valence-corrected chi connectivity index (χ4v) is 2.26. The summed E-state index contributed by atoms with van der Waals surface area (Å²) in [6.07, 6.45) is 3.14. The Morgan fingerprint density at radius 1 is 1.39 bits per heavy atom. The quantitative estimate of drug-likeness (QED) is 0.907. The highest BCUT2D eigenvalue weighted by Crippen LogP contribution is 2.28. The van der Waals surface area contributed by atoms with Crippen molar-refractivity contribution >= 4 is 23.4 Å². The number of carbonyl (C=O) groups is 2. The van der Waals surface area contributed by atoms with Gasteiger partial charge in [0, 0.05) is 11.6 Å². The Kier molecular flexibility index (Phi) is 3.79. The standard InChI is InChI=1S/C13H12ClNO3/c14-11-6-2-1-5-10(11)12(13(17)18)15-7-3-4-9(16)8-15/h1-6,12H,7-8H2,(H,17,18). The minimum atomic E-state index is -1.01. The topological polar surface area (TPSA) is 57.6 Å². The second-order valence-electron chi connectivity index (χ2n) is 4.06. The molecule has 0 spiro atoms. The van der Waals surface area contributed by atoms with Crippen LogP contribution in [0, 0.1) is 0 Å². The number of rotatable bonds is 3. The van der Waals surface area contributed by atoms with Gasteiger partial charge < -0.3 is 5.11 Å². The summed E-state index contributed by atoms with van der Waals surface area (Å²) in [6, 6.07) is 5.90. The predicted octanol–water partition coefficient (Wildman–Crippen LogP) is 1.91. The molecular formula is C13H12ClNO3. The molecule has 1 unspecified atom stereocenters. The number of ketones is 1. The van der Waals surface area contributed by atoms with Gasteiger partial charge in [0.25, 0.3) is 0 Å². The summed E-state index contributed by atoms with van der Waals surface area (Å²) in [5.74, 6) is -1.11. The molecule has 0 bridgehead atoms. The Hall–Kier alpha value is -1.65. The second kappa shape index (κ2) is 5.33. The van der Waals surface area contributed by atoms with E-state index in [1.54, 1.807) is 35.2 Å².